The van der Waals surface area contributed by atoms with Crippen LogP contribution in [-0.2, 0) is 14.3 Å². The third kappa shape index (κ3) is 5.07. The van der Waals surface area contributed by atoms with Crippen molar-refractivity contribution in [3.63, 3.8) is 0 Å². The third-order valence-corrected chi connectivity index (χ3v) is 4.68. The van der Waals surface area contributed by atoms with Crippen molar-refractivity contribution in [2.24, 2.45) is 0 Å². The second kappa shape index (κ2) is 10.6. The molecule has 0 radical (unpaired) electrons. The van der Waals surface area contributed by atoms with Gasteiger partial charge in [-0.3, -0.25) is 14.5 Å². The molecule has 1 aliphatic rings. The van der Waals surface area contributed by atoms with Crippen molar-refractivity contribution in [3.05, 3.63) is 65.9 Å². The van der Waals surface area contributed by atoms with Crippen LogP contribution in [0.15, 0.2) is 60.3 Å². The van der Waals surface area contributed by atoms with Crippen molar-refractivity contribution in [1.82, 2.24) is 4.90 Å². The van der Waals surface area contributed by atoms with Crippen LogP contribution in [-0.4, -0.2) is 43.1 Å². The van der Waals surface area contributed by atoms with E-state index in [1.165, 1.54) is 4.90 Å². The van der Waals surface area contributed by atoms with Crippen molar-refractivity contribution < 1.29 is 19.1 Å². The molecule has 3 rings (SSSR count). The number of imide groups is 1. The number of hydrogen-bond donors (Lipinski definition) is 1. The predicted molar refractivity (Wildman–Crippen MR) is 117 cm³/mol. The number of ether oxygens (including phenoxy) is 2. The van der Waals surface area contributed by atoms with E-state index in [1.807, 2.05) is 68.4 Å². The van der Waals surface area contributed by atoms with Crippen LogP contribution in [0.4, 0.5) is 5.69 Å². The highest BCUT2D eigenvalue weighted by atomic mass is 16.5. The van der Waals surface area contributed by atoms with Crippen LogP contribution >= 0.6 is 0 Å². The first kappa shape index (κ1) is 21.6. The first-order valence-corrected chi connectivity index (χ1v) is 10.4. The van der Waals surface area contributed by atoms with Gasteiger partial charge in [0.25, 0.3) is 11.8 Å². The minimum absolute atomic E-state index is 0.287. The van der Waals surface area contributed by atoms with Gasteiger partial charge in [0.15, 0.2) is 0 Å². The summed E-state index contributed by atoms with van der Waals surface area (Å²) in [5.74, 6) is 0.105. The second-order valence-electron chi connectivity index (χ2n) is 6.93. The minimum Gasteiger partial charge on any atom is -0.494 e. The molecule has 0 spiro atoms. The van der Waals surface area contributed by atoms with E-state index in [0.29, 0.717) is 55.4 Å². The summed E-state index contributed by atoms with van der Waals surface area (Å²) in [5.41, 5.74) is 2.08. The summed E-state index contributed by atoms with van der Waals surface area (Å²) in [6.45, 7) is 6.02. The molecule has 158 valence electrons. The van der Waals surface area contributed by atoms with E-state index in [4.69, 9.17) is 9.47 Å². The lowest BCUT2D eigenvalue weighted by molar-refractivity contribution is -0.137. The molecule has 1 N–H and O–H groups in total. The molecule has 1 aliphatic heterocycles. The lowest BCUT2D eigenvalue weighted by atomic mass is 10.0. The molecule has 2 amide bonds. The van der Waals surface area contributed by atoms with Gasteiger partial charge in [0.05, 0.1) is 12.2 Å². The normalized spacial score (nSPS) is 13.9. The Kier molecular flexibility index (Phi) is 7.63. The number of nitrogens with one attached hydrogen (secondary N) is 1. The molecule has 0 saturated heterocycles. The van der Waals surface area contributed by atoms with E-state index in [1.54, 1.807) is 0 Å². The molecule has 1 heterocycles. The number of carbonyl (C=O) groups excluding carboxylic acids is 2. The lowest BCUT2D eigenvalue weighted by Gasteiger charge is -2.15. The highest BCUT2D eigenvalue weighted by Gasteiger charge is 2.38. The van der Waals surface area contributed by atoms with Crippen LogP contribution in [0.5, 0.6) is 5.75 Å². The van der Waals surface area contributed by atoms with Gasteiger partial charge in [0, 0.05) is 31.5 Å². The SMILES string of the molecule is CCCOc1cccc(NC2=C(c3ccccc3)C(=O)N(CCCOCC)C2=O)c1. The molecule has 0 fully saturated rings. The Morgan fingerprint density at radius 2 is 1.73 bits per heavy atom. The van der Waals surface area contributed by atoms with Gasteiger partial charge in [-0.05, 0) is 37.5 Å². The van der Waals surface area contributed by atoms with Crippen LogP contribution in [0.2, 0.25) is 0 Å². The lowest BCUT2D eigenvalue weighted by Crippen LogP contribution is -2.34. The number of rotatable bonds is 11. The van der Waals surface area contributed by atoms with Gasteiger partial charge in [0.2, 0.25) is 0 Å². The van der Waals surface area contributed by atoms with Crippen LogP contribution in [0.3, 0.4) is 0 Å². The third-order valence-electron chi connectivity index (χ3n) is 4.68. The fourth-order valence-electron chi connectivity index (χ4n) is 3.26. The topological polar surface area (TPSA) is 67.9 Å². The Morgan fingerprint density at radius 1 is 0.933 bits per heavy atom. The molecular formula is C24H28N2O4. The molecule has 0 unspecified atom stereocenters. The summed E-state index contributed by atoms with van der Waals surface area (Å²) < 4.78 is 11.0. The van der Waals surface area contributed by atoms with Crippen molar-refractivity contribution >= 4 is 23.1 Å². The fraction of sp³-hybridized carbons (Fsp3) is 0.333. The quantitative estimate of drug-likeness (QED) is 0.448. The zero-order valence-electron chi connectivity index (χ0n) is 17.5. The van der Waals surface area contributed by atoms with Crippen LogP contribution in [0, 0.1) is 0 Å². The smallest absolute Gasteiger partial charge is 0.278 e. The standard InChI is InChI=1S/C24H28N2O4/c1-3-15-30-20-13-8-12-19(17-20)25-22-21(18-10-6-5-7-11-18)23(27)26(24(22)28)14-9-16-29-4-2/h5-8,10-13,17,25H,3-4,9,14-16H2,1-2H3. The van der Waals surface area contributed by atoms with Crippen molar-refractivity contribution in [3.8, 4) is 5.75 Å². The summed E-state index contributed by atoms with van der Waals surface area (Å²) in [6.07, 6.45) is 1.51. The van der Waals surface area contributed by atoms with E-state index in [-0.39, 0.29) is 17.5 Å². The monoisotopic (exact) mass is 408 g/mol. The molecule has 0 saturated carbocycles. The van der Waals surface area contributed by atoms with Crippen LogP contribution in [0.1, 0.15) is 32.3 Å². The molecule has 0 aromatic heterocycles. The molecule has 0 aliphatic carbocycles. The summed E-state index contributed by atoms with van der Waals surface area (Å²) in [5, 5.41) is 3.17. The summed E-state index contributed by atoms with van der Waals surface area (Å²) in [6, 6.07) is 16.7. The van der Waals surface area contributed by atoms with Crippen LogP contribution in [0.25, 0.3) is 5.57 Å². The molecular weight excluding hydrogens is 380 g/mol. The van der Waals surface area contributed by atoms with E-state index in [2.05, 4.69) is 5.32 Å². The second-order valence-corrected chi connectivity index (χ2v) is 6.93. The van der Waals surface area contributed by atoms with Gasteiger partial charge in [-0.2, -0.15) is 0 Å². The Labute approximate surface area is 177 Å². The number of benzene rings is 2. The molecule has 0 bridgehead atoms. The van der Waals surface area contributed by atoms with Gasteiger partial charge in [-0.15, -0.1) is 0 Å². The maximum absolute atomic E-state index is 13.1. The van der Waals surface area contributed by atoms with Gasteiger partial charge < -0.3 is 14.8 Å². The van der Waals surface area contributed by atoms with Crippen molar-refractivity contribution in [2.45, 2.75) is 26.7 Å². The molecule has 0 atom stereocenters. The van der Waals surface area contributed by atoms with E-state index < -0.39 is 0 Å². The number of hydrogen-bond acceptors (Lipinski definition) is 5. The molecule has 2 aromatic carbocycles. The predicted octanol–water partition coefficient (Wildman–Crippen LogP) is 4.09. The van der Waals surface area contributed by atoms with Crippen LogP contribution < -0.4 is 10.1 Å². The number of amides is 2. The van der Waals surface area contributed by atoms with E-state index in [0.717, 1.165) is 6.42 Å². The number of nitrogens with zero attached hydrogens (tertiary/aromatic N) is 1. The highest BCUT2D eigenvalue weighted by Crippen LogP contribution is 2.31. The maximum atomic E-state index is 13.1. The Morgan fingerprint density at radius 3 is 2.47 bits per heavy atom. The zero-order chi connectivity index (χ0) is 21.3. The highest BCUT2D eigenvalue weighted by molar-refractivity contribution is 6.36. The van der Waals surface area contributed by atoms with Gasteiger partial charge in [0.1, 0.15) is 11.4 Å². The Hall–Kier alpha value is -3.12. The Balaban J connectivity index is 1.88. The van der Waals surface area contributed by atoms with Gasteiger partial charge >= 0.3 is 0 Å². The molecule has 6 heteroatoms. The average Bonchev–Trinajstić information content (AvgIpc) is 3.00. The summed E-state index contributed by atoms with van der Waals surface area (Å²) in [7, 11) is 0. The summed E-state index contributed by atoms with van der Waals surface area (Å²) >= 11 is 0. The minimum atomic E-state index is -0.324. The molecule has 2 aromatic rings. The largest absolute Gasteiger partial charge is 0.494 e. The fourth-order valence-corrected chi connectivity index (χ4v) is 3.26. The first-order chi connectivity index (χ1) is 14.7. The zero-order valence-corrected chi connectivity index (χ0v) is 17.5. The van der Waals surface area contributed by atoms with Crippen molar-refractivity contribution in [2.75, 3.05) is 31.7 Å². The number of carbonyl (C=O) groups is 2. The van der Waals surface area contributed by atoms with E-state index >= 15 is 0 Å². The number of anilines is 1. The summed E-state index contributed by atoms with van der Waals surface area (Å²) in [4.78, 5) is 27.6. The van der Waals surface area contributed by atoms with Gasteiger partial charge in [-0.1, -0.05) is 43.3 Å². The Bertz CT molecular complexity index is 908. The van der Waals surface area contributed by atoms with Gasteiger partial charge in [-0.25, -0.2) is 0 Å². The molecule has 30 heavy (non-hydrogen) atoms. The maximum Gasteiger partial charge on any atom is 0.278 e. The molecule has 6 nitrogen and oxygen atoms in total. The van der Waals surface area contributed by atoms with E-state index in [9.17, 15) is 9.59 Å². The average molecular weight is 408 g/mol. The van der Waals surface area contributed by atoms with Crippen molar-refractivity contribution in [1.29, 1.82) is 0 Å². The first-order valence-electron chi connectivity index (χ1n) is 10.4.